The number of benzene rings is 2. The second-order valence-corrected chi connectivity index (χ2v) is 5.65. The largest absolute Gasteiger partial charge is 0.370 e. The summed E-state index contributed by atoms with van der Waals surface area (Å²) in [6.07, 6.45) is 0.944. The monoisotopic (exact) mass is 285 g/mol. The average molecular weight is 285 g/mol. The molecule has 0 aromatic heterocycles. The number of hydrogen-bond donors (Lipinski definition) is 1. The minimum atomic E-state index is -0.211. The van der Waals surface area contributed by atoms with Crippen LogP contribution in [0.4, 0.5) is 4.39 Å². The zero-order valence-electron chi connectivity index (χ0n) is 12.1. The van der Waals surface area contributed by atoms with E-state index in [-0.39, 0.29) is 18.0 Å². The van der Waals surface area contributed by atoms with Gasteiger partial charge in [-0.25, -0.2) is 4.39 Å². The van der Waals surface area contributed by atoms with Crippen LogP contribution in [-0.2, 0) is 11.2 Å². The van der Waals surface area contributed by atoms with Gasteiger partial charge in [-0.2, -0.15) is 0 Å². The van der Waals surface area contributed by atoms with Crippen molar-refractivity contribution in [3.05, 3.63) is 71.5 Å². The van der Waals surface area contributed by atoms with Crippen molar-refractivity contribution in [1.29, 1.82) is 0 Å². The van der Waals surface area contributed by atoms with E-state index in [9.17, 15) is 4.39 Å². The number of ether oxygens (including phenoxy) is 1. The molecule has 1 fully saturated rings. The van der Waals surface area contributed by atoms with E-state index in [1.165, 1.54) is 17.7 Å². The lowest BCUT2D eigenvalue weighted by Gasteiger charge is -2.36. The molecule has 1 heterocycles. The molecule has 1 saturated heterocycles. The first-order chi connectivity index (χ1) is 10.2. The van der Waals surface area contributed by atoms with E-state index in [1.807, 2.05) is 6.07 Å². The van der Waals surface area contributed by atoms with Crippen LogP contribution in [0.3, 0.4) is 0 Å². The molecular weight excluding hydrogens is 265 g/mol. The van der Waals surface area contributed by atoms with E-state index in [1.54, 1.807) is 12.1 Å². The van der Waals surface area contributed by atoms with Gasteiger partial charge in [0.1, 0.15) is 5.82 Å². The standard InChI is InChI=1S/C18H20FNO/c1-13-18(15-7-9-16(19)10-8-15)21-12-17(20-13)11-14-5-3-2-4-6-14/h2-10,13,17-18,20H,11-12H2,1H3. The summed E-state index contributed by atoms with van der Waals surface area (Å²) < 4.78 is 19.0. The highest BCUT2D eigenvalue weighted by Crippen LogP contribution is 2.26. The first-order valence-corrected chi connectivity index (χ1v) is 7.39. The van der Waals surface area contributed by atoms with E-state index in [2.05, 4.69) is 36.5 Å². The molecule has 1 N–H and O–H groups in total. The summed E-state index contributed by atoms with van der Waals surface area (Å²) >= 11 is 0. The van der Waals surface area contributed by atoms with Gasteiger partial charge in [-0.15, -0.1) is 0 Å². The summed E-state index contributed by atoms with van der Waals surface area (Å²) in [6.45, 7) is 2.78. The zero-order chi connectivity index (χ0) is 14.7. The summed E-state index contributed by atoms with van der Waals surface area (Å²) in [4.78, 5) is 0. The van der Waals surface area contributed by atoms with E-state index >= 15 is 0 Å². The van der Waals surface area contributed by atoms with Crippen molar-refractivity contribution in [3.63, 3.8) is 0 Å². The molecule has 0 amide bonds. The lowest BCUT2D eigenvalue weighted by atomic mass is 9.98. The second kappa shape index (κ2) is 6.37. The minimum Gasteiger partial charge on any atom is -0.370 e. The van der Waals surface area contributed by atoms with Crippen LogP contribution >= 0.6 is 0 Å². The van der Waals surface area contributed by atoms with Gasteiger partial charge in [-0.05, 0) is 36.6 Å². The molecule has 2 aromatic rings. The third-order valence-corrected chi connectivity index (χ3v) is 3.95. The molecule has 3 rings (SSSR count). The molecule has 1 aliphatic heterocycles. The maximum absolute atomic E-state index is 13.0. The molecule has 3 atom stereocenters. The highest BCUT2D eigenvalue weighted by Gasteiger charge is 2.28. The third-order valence-electron chi connectivity index (χ3n) is 3.95. The van der Waals surface area contributed by atoms with Gasteiger partial charge in [-0.1, -0.05) is 42.5 Å². The summed E-state index contributed by atoms with van der Waals surface area (Å²) in [5.41, 5.74) is 2.33. The van der Waals surface area contributed by atoms with E-state index in [0.29, 0.717) is 12.6 Å². The Hall–Kier alpha value is -1.71. The fraction of sp³-hybridized carbons (Fsp3) is 0.333. The molecular formula is C18H20FNO. The van der Waals surface area contributed by atoms with Crippen molar-refractivity contribution >= 4 is 0 Å². The Morgan fingerprint density at radius 1 is 1.10 bits per heavy atom. The normalized spacial score (nSPS) is 25.7. The molecule has 0 spiro atoms. The Bertz CT molecular complexity index is 570. The number of hydrogen-bond acceptors (Lipinski definition) is 2. The van der Waals surface area contributed by atoms with Crippen molar-refractivity contribution in [3.8, 4) is 0 Å². The molecule has 0 radical (unpaired) electrons. The lowest BCUT2D eigenvalue weighted by Crippen LogP contribution is -2.49. The Morgan fingerprint density at radius 3 is 2.48 bits per heavy atom. The molecule has 1 aliphatic rings. The maximum atomic E-state index is 13.0. The molecule has 0 bridgehead atoms. The highest BCUT2D eigenvalue weighted by atomic mass is 19.1. The van der Waals surface area contributed by atoms with Crippen LogP contribution in [-0.4, -0.2) is 18.7 Å². The van der Waals surface area contributed by atoms with Crippen LogP contribution < -0.4 is 5.32 Å². The number of halogens is 1. The van der Waals surface area contributed by atoms with E-state index in [4.69, 9.17) is 4.74 Å². The maximum Gasteiger partial charge on any atom is 0.123 e. The molecule has 0 saturated carbocycles. The SMILES string of the molecule is CC1NC(Cc2ccccc2)COC1c1ccc(F)cc1. The fourth-order valence-corrected chi connectivity index (χ4v) is 2.93. The van der Waals surface area contributed by atoms with Gasteiger partial charge < -0.3 is 10.1 Å². The second-order valence-electron chi connectivity index (χ2n) is 5.65. The van der Waals surface area contributed by atoms with Crippen LogP contribution in [0, 0.1) is 5.82 Å². The van der Waals surface area contributed by atoms with Crippen LogP contribution in [0.25, 0.3) is 0 Å². The summed E-state index contributed by atoms with van der Waals surface area (Å²) in [5.74, 6) is -0.211. The topological polar surface area (TPSA) is 21.3 Å². The van der Waals surface area contributed by atoms with Crippen molar-refractivity contribution in [2.24, 2.45) is 0 Å². The molecule has 2 aromatic carbocycles. The average Bonchev–Trinajstić information content (AvgIpc) is 2.50. The van der Waals surface area contributed by atoms with Crippen molar-refractivity contribution < 1.29 is 9.13 Å². The van der Waals surface area contributed by atoms with Crippen LogP contribution in [0.2, 0.25) is 0 Å². The Kier molecular flexibility index (Phi) is 4.32. The van der Waals surface area contributed by atoms with Gasteiger partial charge in [0.25, 0.3) is 0 Å². The van der Waals surface area contributed by atoms with E-state index in [0.717, 1.165) is 12.0 Å². The van der Waals surface area contributed by atoms with Crippen molar-refractivity contribution in [2.45, 2.75) is 31.5 Å². The van der Waals surface area contributed by atoms with Gasteiger partial charge in [0.05, 0.1) is 12.7 Å². The minimum absolute atomic E-state index is 0.0161. The quantitative estimate of drug-likeness (QED) is 0.932. The lowest BCUT2D eigenvalue weighted by molar-refractivity contribution is -0.0244. The van der Waals surface area contributed by atoms with Crippen LogP contribution in [0.15, 0.2) is 54.6 Å². The number of rotatable bonds is 3. The summed E-state index contributed by atoms with van der Waals surface area (Å²) in [6, 6.07) is 17.5. The number of nitrogens with one attached hydrogen (secondary N) is 1. The molecule has 21 heavy (non-hydrogen) atoms. The molecule has 0 aliphatic carbocycles. The molecule has 3 heteroatoms. The fourth-order valence-electron chi connectivity index (χ4n) is 2.93. The summed E-state index contributed by atoms with van der Waals surface area (Å²) in [5, 5.41) is 3.61. The van der Waals surface area contributed by atoms with Gasteiger partial charge in [0.2, 0.25) is 0 Å². The van der Waals surface area contributed by atoms with Crippen LogP contribution in [0.5, 0.6) is 0 Å². The number of morpholine rings is 1. The first-order valence-electron chi connectivity index (χ1n) is 7.39. The zero-order valence-corrected chi connectivity index (χ0v) is 12.1. The molecule has 2 nitrogen and oxygen atoms in total. The van der Waals surface area contributed by atoms with Gasteiger partial charge in [0.15, 0.2) is 0 Å². The van der Waals surface area contributed by atoms with E-state index < -0.39 is 0 Å². The first kappa shape index (κ1) is 14.2. The van der Waals surface area contributed by atoms with Crippen molar-refractivity contribution in [2.75, 3.05) is 6.61 Å². The van der Waals surface area contributed by atoms with Crippen LogP contribution in [0.1, 0.15) is 24.2 Å². The van der Waals surface area contributed by atoms with Crippen molar-refractivity contribution in [1.82, 2.24) is 5.32 Å². The predicted octanol–water partition coefficient (Wildman–Crippen LogP) is 3.49. The van der Waals surface area contributed by atoms with Gasteiger partial charge in [-0.3, -0.25) is 0 Å². The summed E-state index contributed by atoms with van der Waals surface area (Å²) in [7, 11) is 0. The Balaban J connectivity index is 1.63. The highest BCUT2D eigenvalue weighted by molar-refractivity contribution is 5.21. The van der Waals surface area contributed by atoms with Gasteiger partial charge in [0, 0.05) is 12.1 Å². The van der Waals surface area contributed by atoms with Gasteiger partial charge >= 0.3 is 0 Å². The Labute approximate surface area is 125 Å². The molecule has 110 valence electrons. The molecule has 3 unspecified atom stereocenters. The Morgan fingerprint density at radius 2 is 1.81 bits per heavy atom. The predicted molar refractivity (Wildman–Crippen MR) is 81.6 cm³/mol. The smallest absolute Gasteiger partial charge is 0.123 e. The third kappa shape index (κ3) is 3.49.